The van der Waals surface area contributed by atoms with E-state index in [1.807, 2.05) is 41.1 Å². The fraction of sp³-hybridized carbons (Fsp3) is 0.500. The van der Waals surface area contributed by atoms with Crippen LogP contribution in [-0.2, 0) is 9.47 Å². The molecule has 1 saturated carbocycles. The van der Waals surface area contributed by atoms with Gasteiger partial charge in [0.25, 0.3) is 0 Å². The summed E-state index contributed by atoms with van der Waals surface area (Å²) < 4.78 is 13.0. The van der Waals surface area contributed by atoms with Crippen molar-refractivity contribution in [3.05, 3.63) is 47.8 Å². The third-order valence-electron chi connectivity index (χ3n) is 6.78. The Morgan fingerprint density at radius 2 is 1.82 bits per heavy atom. The number of methoxy groups -OCH3 is 1. The highest BCUT2D eigenvalue weighted by atomic mass is 16.5. The third-order valence-corrected chi connectivity index (χ3v) is 6.78. The Labute approximate surface area is 194 Å². The number of nitrogens with zero attached hydrogens (tertiary/aromatic N) is 4. The summed E-state index contributed by atoms with van der Waals surface area (Å²) in [7, 11) is 1.40. The van der Waals surface area contributed by atoms with Gasteiger partial charge in [-0.25, -0.2) is 14.5 Å². The Kier molecular flexibility index (Phi) is 6.06. The first-order valence-electron chi connectivity index (χ1n) is 12.0. The first-order chi connectivity index (χ1) is 16.0. The van der Waals surface area contributed by atoms with E-state index in [9.17, 15) is 4.79 Å². The van der Waals surface area contributed by atoms with Crippen molar-refractivity contribution in [3.63, 3.8) is 0 Å². The number of carbonyl (C=O) groups is 1. The van der Waals surface area contributed by atoms with Crippen LogP contribution in [0.25, 0.3) is 16.7 Å². The number of fused-ring (bicyclic) bond motifs is 1. The van der Waals surface area contributed by atoms with Crippen LogP contribution in [0.1, 0.15) is 68.1 Å². The first-order valence-corrected chi connectivity index (χ1v) is 12.0. The molecule has 1 aliphatic carbocycles. The van der Waals surface area contributed by atoms with E-state index in [1.54, 1.807) is 0 Å². The number of anilines is 1. The van der Waals surface area contributed by atoms with Gasteiger partial charge < -0.3 is 14.4 Å². The molecule has 7 heteroatoms. The van der Waals surface area contributed by atoms with Gasteiger partial charge in [-0.1, -0.05) is 24.6 Å². The molecule has 5 rings (SSSR count). The number of pyridine rings is 1. The minimum atomic E-state index is -0.429. The number of rotatable bonds is 6. The van der Waals surface area contributed by atoms with E-state index in [-0.39, 0.29) is 12.2 Å². The molecule has 1 aromatic carbocycles. The van der Waals surface area contributed by atoms with E-state index >= 15 is 0 Å². The number of esters is 1. The van der Waals surface area contributed by atoms with Crippen molar-refractivity contribution in [1.29, 1.82) is 0 Å². The number of hydrogen-bond acceptors (Lipinski definition) is 6. The third kappa shape index (κ3) is 4.22. The van der Waals surface area contributed by atoms with E-state index in [1.165, 1.54) is 13.5 Å². The van der Waals surface area contributed by atoms with Crippen LogP contribution in [0.4, 0.5) is 5.69 Å². The molecule has 0 spiro atoms. The molecule has 2 fully saturated rings. The molecule has 2 aliphatic rings. The summed E-state index contributed by atoms with van der Waals surface area (Å²) in [4.78, 5) is 19.7. The summed E-state index contributed by atoms with van der Waals surface area (Å²) in [6.07, 6.45) is 5.94. The standard InChI is InChI=1S/C26H32N4O3/c1-17(2)33-20-12-14-29(15-13-20)22-16-21(26(31)32-3)27-25-23(22)24(18-8-7-9-18)28-30(25)19-10-5-4-6-11-19/h4-6,10-11,16-18,20H,7-9,12-15H2,1-3H3. The fourth-order valence-electron chi connectivity index (χ4n) is 4.92. The van der Waals surface area contributed by atoms with Crippen LogP contribution in [0.15, 0.2) is 36.4 Å². The summed E-state index contributed by atoms with van der Waals surface area (Å²) in [5.74, 6) is 0.00554. The van der Waals surface area contributed by atoms with Crippen LogP contribution in [-0.4, -0.2) is 53.1 Å². The predicted molar refractivity (Wildman–Crippen MR) is 128 cm³/mol. The minimum Gasteiger partial charge on any atom is -0.464 e. The van der Waals surface area contributed by atoms with Crippen LogP contribution < -0.4 is 4.90 Å². The second-order valence-corrected chi connectivity index (χ2v) is 9.35. The number of ether oxygens (including phenoxy) is 2. The maximum atomic E-state index is 12.6. The van der Waals surface area contributed by atoms with Crippen molar-refractivity contribution in [2.24, 2.45) is 0 Å². The average molecular weight is 449 g/mol. The Bertz CT molecular complexity index is 1130. The van der Waals surface area contributed by atoms with E-state index in [0.29, 0.717) is 11.6 Å². The molecule has 3 heterocycles. The van der Waals surface area contributed by atoms with Gasteiger partial charge in [-0.05, 0) is 57.7 Å². The average Bonchev–Trinajstić information content (AvgIpc) is 3.16. The smallest absolute Gasteiger partial charge is 0.356 e. The van der Waals surface area contributed by atoms with Gasteiger partial charge in [-0.3, -0.25) is 0 Å². The molecule has 1 saturated heterocycles. The monoisotopic (exact) mass is 448 g/mol. The van der Waals surface area contributed by atoms with Crippen molar-refractivity contribution >= 4 is 22.7 Å². The van der Waals surface area contributed by atoms with Gasteiger partial charge in [0.1, 0.15) is 0 Å². The zero-order chi connectivity index (χ0) is 22.9. The highest BCUT2D eigenvalue weighted by molar-refractivity contribution is 5.99. The van der Waals surface area contributed by atoms with Crippen molar-refractivity contribution < 1.29 is 14.3 Å². The van der Waals surface area contributed by atoms with Crippen molar-refractivity contribution in [3.8, 4) is 5.69 Å². The second-order valence-electron chi connectivity index (χ2n) is 9.35. The molecule has 33 heavy (non-hydrogen) atoms. The molecular formula is C26H32N4O3. The van der Waals surface area contributed by atoms with Crippen LogP contribution in [0.3, 0.4) is 0 Å². The number of piperidine rings is 1. The van der Waals surface area contributed by atoms with Gasteiger partial charge in [0, 0.05) is 19.0 Å². The second kappa shape index (κ2) is 9.14. The molecule has 3 aromatic rings. The Morgan fingerprint density at radius 1 is 1.09 bits per heavy atom. The van der Waals surface area contributed by atoms with Gasteiger partial charge in [0.15, 0.2) is 11.3 Å². The van der Waals surface area contributed by atoms with E-state index < -0.39 is 5.97 Å². The number of benzene rings is 1. The number of hydrogen-bond donors (Lipinski definition) is 0. The molecule has 0 radical (unpaired) electrons. The number of carbonyl (C=O) groups excluding carboxylic acids is 1. The zero-order valence-corrected chi connectivity index (χ0v) is 19.7. The molecule has 0 bridgehead atoms. The van der Waals surface area contributed by atoms with Crippen molar-refractivity contribution in [2.45, 2.75) is 64.1 Å². The summed E-state index contributed by atoms with van der Waals surface area (Å²) in [6, 6.07) is 11.9. The highest BCUT2D eigenvalue weighted by Gasteiger charge is 2.31. The lowest BCUT2D eigenvalue weighted by Gasteiger charge is -2.35. The Morgan fingerprint density at radius 3 is 2.42 bits per heavy atom. The lowest BCUT2D eigenvalue weighted by atomic mass is 9.82. The van der Waals surface area contributed by atoms with Crippen LogP contribution >= 0.6 is 0 Å². The summed E-state index contributed by atoms with van der Waals surface area (Å²) >= 11 is 0. The molecule has 174 valence electrons. The molecular weight excluding hydrogens is 416 g/mol. The van der Waals surface area contributed by atoms with Crippen LogP contribution in [0, 0.1) is 0 Å². The maximum absolute atomic E-state index is 12.6. The summed E-state index contributed by atoms with van der Waals surface area (Å²) in [5.41, 5.74) is 4.11. The minimum absolute atomic E-state index is 0.231. The lowest BCUT2D eigenvalue weighted by Crippen LogP contribution is -2.38. The predicted octanol–water partition coefficient (Wildman–Crippen LogP) is 4.87. The maximum Gasteiger partial charge on any atom is 0.356 e. The quantitative estimate of drug-likeness (QED) is 0.501. The van der Waals surface area contributed by atoms with Crippen molar-refractivity contribution in [2.75, 3.05) is 25.1 Å². The summed E-state index contributed by atoms with van der Waals surface area (Å²) in [6.45, 7) is 5.92. The number of aromatic nitrogens is 3. The Balaban J connectivity index is 1.64. The normalized spacial score (nSPS) is 17.5. The van der Waals surface area contributed by atoms with Gasteiger partial charge >= 0.3 is 5.97 Å². The zero-order valence-electron chi connectivity index (χ0n) is 19.7. The van der Waals surface area contributed by atoms with E-state index in [4.69, 9.17) is 19.6 Å². The lowest BCUT2D eigenvalue weighted by molar-refractivity contribution is -0.00477. The largest absolute Gasteiger partial charge is 0.464 e. The van der Waals surface area contributed by atoms with Gasteiger partial charge in [-0.2, -0.15) is 5.10 Å². The molecule has 7 nitrogen and oxygen atoms in total. The number of para-hydroxylation sites is 1. The van der Waals surface area contributed by atoms with Crippen LogP contribution in [0.5, 0.6) is 0 Å². The van der Waals surface area contributed by atoms with E-state index in [0.717, 1.165) is 66.9 Å². The molecule has 2 aromatic heterocycles. The Hall–Kier alpha value is -2.93. The van der Waals surface area contributed by atoms with Gasteiger partial charge in [0.2, 0.25) is 0 Å². The highest BCUT2D eigenvalue weighted by Crippen LogP contribution is 2.43. The van der Waals surface area contributed by atoms with Crippen LogP contribution in [0.2, 0.25) is 0 Å². The molecule has 0 unspecified atom stereocenters. The molecule has 0 N–H and O–H groups in total. The van der Waals surface area contributed by atoms with E-state index in [2.05, 4.69) is 18.7 Å². The molecule has 0 atom stereocenters. The van der Waals surface area contributed by atoms with Gasteiger partial charge in [0.05, 0.1) is 41.8 Å². The SMILES string of the molecule is COC(=O)c1cc(N2CCC(OC(C)C)CC2)c2c(C3CCC3)nn(-c3ccccc3)c2n1. The first kappa shape index (κ1) is 21.9. The van der Waals surface area contributed by atoms with Crippen molar-refractivity contribution in [1.82, 2.24) is 14.8 Å². The van der Waals surface area contributed by atoms with Gasteiger partial charge in [-0.15, -0.1) is 0 Å². The molecule has 1 aliphatic heterocycles. The summed E-state index contributed by atoms with van der Waals surface area (Å²) in [5, 5.41) is 6.14. The fourth-order valence-corrected chi connectivity index (χ4v) is 4.92. The topological polar surface area (TPSA) is 69.5 Å². The molecule has 0 amide bonds.